The number of anilines is 1. The van der Waals surface area contributed by atoms with E-state index in [0.717, 1.165) is 6.21 Å². The first-order chi connectivity index (χ1) is 8.76. The van der Waals surface area contributed by atoms with Gasteiger partial charge in [-0.1, -0.05) is 0 Å². The minimum atomic E-state index is -1.05. The summed E-state index contributed by atoms with van der Waals surface area (Å²) in [6.07, 6.45) is 0.947. The summed E-state index contributed by atoms with van der Waals surface area (Å²) in [5.41, 5.74) is -0.738. The van der Waals surface area contributed by atoms with Gasteiger partial charge in [0.2, 0.25) is 0 Å². The molecule has 19 heavy (non-hydrogen) atoms. The Labute approximate surface area is 112 Å². The van der Waals surface area contributed by atoms with Crippen molar-refractivity contribution in [1.29, 1.82) is 5.41 Å². The monoisotopic (exact) mass is 270 g/mol. The lowest BCUT2D eigenvalue weighted by Crippen LogP contribution is -2.30. The molecule has 0 aromatic heterocycles. The molecule has 5 heteroatoms. The molecule has 0 aliphatic heterocycles. The third-order valence-electron chi connectivity index (χ3n) is 2.27. The van der Waals surface area contributed by atoms with Crippen molar-refractivity contribution in [3.8, 4) is 0 Å². The van der Waals surface area contributed by atoms with Crippen LogP contribution in [0.1, 0.15) is 25.0 Å². The lowest BCUT2D eigenvalue weighted by molar-refractivity contribution is 0.0944. The van der Waals surface area contributed by atoms with Crippen LogP contribution in [0.15, 0.2) is 19.2 Å². The van der Waals surface area contributed by atoms with E-state index in [-0.39, 0.29) is 23.4 Å². The standard InChI is InChI=1S/C12H16F2N2O.C2H4/c1-7-4-8(5-15)11(10(14)9(7)13)16-6-12(2,3)17;1-2/h4-5,15-17H,6H2,1-3H3;1-2H2. The van der Waals surface area contributed by atoms with Gasteiger partial charge in [-0.3, -0.25) is 0 Å². The molecular formula is C14H20F2N2O. The molecule has 0 radical (unpaired) electrons. The van der Waals surface area contributed by atoms with Gasteiger partial charge in [0.15, 0.2) is 11.6 Å². The molecule has 0 aliphatic rings. The number of benzene rings is 1. The summed E-state index contributed by atoms with van der Waals surface area (Å²) < 4.78 is 27.0. The number of nitrogens with one attached hydrogen (secondary N) is 2. The van der Waals surface area contributed by atoms with Gasteiger partial charge >= 0.3 is 0 Å². The van der Waals surface area contributed by atoms with E-state index >= 15 is 0 Å². The third kappa shape index (κ3) is 4.79. The summed E-state index contributed by atoms with van der Waals surface area (Å²) in [7, 11) is 0. The number of halogens is 2. The van der Waals surface area contributed by atoms with Crippen molar-refractivity contribution in [3.05, 3.63) is 42.0 Å². The van der Waals surface area contributed by atoms with Crippen LogP contribution in [0.3, 0.4) is 0 Å². The average Bonchev–Trinajstić information content (AvgIpc) is 2.35. The maximum Gasteiger partial charge on any atom is 0.182 e. The maximum absolute atomic E-state index is 13.7. The molecular weight excluding hydrogens is 250 g/mol. The van der Waals surface area contributed by atoms with Crippen LogP contribution in [0.4, 0.5) is 14.5 Å². The largest absolute Gasteiger partial charge is 0.389 e. The average molecular weight is 270 g/mol. The highest BCUT2D eigenvalue weighted by Crippen LogP contribution is 2.24. The first-order valence-corrected chi connectivity index (χ1v) is 5.71. The van der Waals surface area contributed by atoms with Crippen LogP contribution in [-0.2, 0) is 0 Å². The maximum atomic E-state index is 13.7. The molecule has 0 saturated carbocycles. The van der Waals surface area contributed by atoms with Crippen molar-refractivity contribution in [2.45, 2.75) is 26.4 Å². The minimum absolute atomic E-state index is 0.0628. The first kappa shape index (κ1) is 17.2. The van der Waals surface area contributed by atoms with Crippen molar-refractivity contribution in [2.75, 3.05) is 11.9 Å². The lowest BCUT2D eigenvalue weighted by atomic mass is 10.1. The van der Waals surface area contributed by atoms with Gasteiger partial charge in [-0.25, -0.2) is 8.78 Å². The van der Waals surface area contributed by atoms with Crippen molar-refractivity contribution in [1.82, 2.24) is 0 Å². The van der Waals surface area contributed by atoms with Gasteiger partial charge in [-0.2, -0.15) is 0 Å². The highest BCUT2D eigenvalue weighted by molar-refractivity contribution is 5.86. The molecule has 3 N–H and O–H groups in total. The van der Waals surface area contributed by atoms with Crippen LogP contribution < -0.4 is 5.32 Å². The van der Waals surface area contributed by atoms with E-state index in [2.05, 4.69) is 18.5 Å². The third-order valence-corrected chi connectivity index (χ3v) is 2.27. The molecule has 0 heterocycles. The van der Waals surface area contributed by atoms with Gasteiger partial charge in [0.25, 0.3) is 0 Å². The zero-order valence-corrected chi connectivity index (χ0v) is 11.5. The molecule has 0 unspecified atom stereocenters. The Balaban J connectivity index is 0.00000154. The van der Waals surface area contributed by atoms with Gasteiger partial charge < -0.3 is 15.8 Å². The molecule has 106 valence electrons. The first-order valence-electron chi connectivity index (χ1n) is 5.71. The second-order valence-electron chi connectivity index (χ2n) is 4.60. The predicted molar refractivity (Wildman–Crippen MR) is 75.0 cm³/mol. The van der Waals surface area contributed by atoms with Gasteiger partial charge in [0, 0.05) is 18.3 Å². The SMILES string of the molecule is C=C.Cc1cc(C=N)c(NCC(C)(C)O)c(F)c1F. The number of hydrogen-bond acceptors (Lipinski definition) is 3. The van der Waals surface area contributed by atoms with E-state index in [1.54, 1.807) is 13.8 Å². The lowest BCUT2D eigenvalue weighted by Gasteiger charge is -2.20. The van der Waals surface area contributed by atoms with Gasteiger partial charge in [-0.15, -0.1) is 13.2 Å². The Morgan fingerprint density at radius 2 is 1.89 bits per heavy atom. The van der Waals surface area contributed by atoms with Crippen LogP contribution in [0.25, 0.3) is 0 Å². The van der Waals surface area contributed by atoms with Gasteiger partial charge in [-0.05, 0) is 32.4 Å². The molecule has 1 aromatic carbocycles. The number of aliphatic hydroxyl groups is 1. The summed E-state index contributed by atoms with van der Waals surface area (Å²) in [5.74, 6) is -1.96. The van der Waals surface area contributed by atoms with Gasteiger partial charge in [0.05, 0.1) is 11.3 Å². The quantitative estimate of drug-likeness (QED) is 0.581. The topological polar surface area (TPSA) is 56.1 Å². The summed E-state index contributed by atoms with van der Waals surface area (Å²) in [5, 5.41) is 19.3. The Morgan fingerprint density at radius 3 is 2.32 bits per heavy atom. The highest BCUT2D eigenvalue weighted by Gasteiger charge is 2.18. The molecule has 1 rings (SSSR count). The fraction of sp³-hybridized carbons (Fsp3) is 0.357. The Bertz CT molecular complexity index is 454. The van der Waals surface area contributed by atoms with Crippen LogP contribution in [-0.4, -0.2) is 23.5 Å². The summed E-state index contributed by atoms with van der Waals surface area (Å²) in [6.45, 7) is 10.6. The summed E-state index contributed by atoms with van der Waals surface area (Å²) in [6, 6.07) is 1.39. The summed E-state index contributed by atoms with van der Waals surface area (Å²) in [4.78, 5) is 0. The van der Waals surface area contributed by atoms with Crippen LogP contribution in [0.2, 0.25) is 0 Å². The molecule has 0 amide bonds. The second-order valence-corrected chi connectivity index (χ2v) is 4.60. The fourth-order valence-electron chi connectivity index (χ4n) is 1.38. The smallest absolute Gasteiger partial charge is 0.182 e. The molecule has 0 atom stereocenters. The second kappa shape index (κ2) is 6.99. The number of hydrogen-bond donors (Lipinski definition) is 3. The molecule has 0 fully saturated rings. The van der Waals surface area contributed by atoms with E-state index in [4.69, 9.17) is 5.41 Å². The summed E-state index contributed by atoms with van der Waals surface area (Å²) >= 11 is 0. The molecule has 1 aromatic rings. The van der Waals surface area contributed by atoms with E-state index in [9.17, 15) is 13.9 Å². The van der Waals surface area contributed by atoms with E-state index in [1.165, 1.54) is 13.0 Å². The van der Waals surface area contributed by atoms with E-state index in [0.29, 0.717) is 0 Å². The van der Waals surface area contributed by atoms with Crippen LogP contribution in [0, 0.1) is 24.0 Å². The fourth-order valence-corrected chi connectivity index (χ4v) is 1.38. The zero-order valence-electron chi connectivity index (χ0n) is 11.5. The van der Waals surface area contributed by atoms with E-state index in [1.807, 2.05) is 0 Å². The van der Waals surface area contributed by atoms with Crippen molar-refractivity contribution in [2.24, 2.45) is 0 Å². The zero-order chi connectivity index (χ0) is 15.2. The Morgan fingerprint density at radius 1 is 1.37 bits per heavy atom. The number of aryl methyl sites for hydroxylation is 1. The van der Waals surface area contributed by atoms with Crippen molar-refractivity contribution < 1.29 is 13.9 Å². The molecule has 0 bridgehead atoms. The van der Waals surface area contributed by atoms with Crippen molar-refractivity contribution >= 4 is 11.9 Å². The molecule has 0 spiro atoms. The van der Waals surface area contributed by atoms with Gasteiger partial charge in [0.1, 0.15) is 0 Å². The Kier molecular flexibility index (Phi) is 6.35. The van der Waals surface area contributed by atoms with Crippen LogP contribution >= 0.6 is 0 Å². The molecule has 0 saturated heterocycles. The van der Waals surface area contributed by atoms with Crippen LogP contribution in [0.5, 0.6) is 0 Å². The number of rotatable bonds is 4. The Hall–Kier alpha value is -1.75. The molecule has 0 aliphatic carbocycles. The predicted octanol–water partition coefficient (Wildman–Crippen LogP) is 3.26. The molecule has 3 nitrogen and oxygen atoms in total. The highest BCUT2D eigenvalue weighted by atomic mass is 19.2. The van der Waals surface area contributed by atoms with E-state index < -0.39 is 17.2 Å². The van der Waals surface area contributed by atoms with Crippen molar-refractivity contribution in [3.63, 3.8) is 0 Å². The normalized spacial score (nSPS) is 10.4. The minimum Gasteiger partial charge on any atom is -0.389 e.